The van der Waals surface area contributed by atoms with E-state index in [1.807, 2.05) is 51.1 Å². The molecule has 1 N–H and O–H groups in total. The molecule has 0 bridgehead atoms. The number of nitrogens with one attached hydrogen (secondary N) is 1. The van der Waals surface area contributed by atoms with E-state index in [-0.39, 0.29) is 12.5 Å². The largest absolute Gasteiger partial charge is 0.493 e. The summed E-state index contributed by atoms with van der Waals surface area (Å²) in [6, 6.07) is 18.5. The van der Waals surface area contributed by atoms with Gasteiger partial charge in [0.1, 0.15) is 18.1 Å². The van der Waals surface area contributed by atoms with Gasteiger partial charge in [0.15, 0.2) is 0 Å². The molecule has 0 atom stereocenters. The Kier molecular flexibility index (Phi) is 6.78. The second kappa shape index (κ2) is 9.48. The fraction of sp³-hybridized carbons (Fsp3) is 0.208. The molecule has 29 heavy (non-hydrogen) atoms. The monoisotopic (exact) mass is 409 g/mol. The summed E-state index contributed by atoms with van der Waals surface area (Å²) in [6.07, 6.45) is 0. The molecule has 5 heteroatoms. The molecule has 0 unspecified atom stereocenters. The molecule has 1 amide bonds. The van der Waals surface area contributed by atoms with Crippen molar-refractivity contribution >= 4 is 23.2 Å². The molecule has 3 rings (SSSR count). The number of benzene rings is 3. The Bertz CT molecular complexity index is 1020. The Balaban J connectivity index is 1.82. The maximum Gasteiger partial charge on any atom is 0.255 e. The summed E-state index contributed by atoms with van der Waals surface area (Å²) in [5.41, 5.74) is 4.29. The van der Waals surface area contributed by atoms with Crippen molar-refractivity contribution in [3.05, 3.63) is 87.9 Å². The lowest BCUT2D eigenvalue weighted by molar-refractivity contribution is 0.102. The van der Waals surface area contributed by atoms with Crippen LogP contribution >= 0.6 is 11.6 Å². The number of carbonyl (C=O) groups excluding carboxylic acids is 1. The average Bonchev–Trinajstić information content (AvgIpc) is 2.72. The lowest BCUT2D eigenvalue weighted by atomic mass is 10.1. The van der Waals surface area contributed by atoms with E-state index >= 15 is 0 Å². The number of hydrogen-bond donors (Lipinski definition) is 1. The van der Waals surface area contributed by atoms with Crippen LogP contribution in [0, 0.1) is 13.8 Å². The molecule has 0 radical (unpaired) electrons. The number of halogens is 1. The predicted molar refractivity (Wildman–Crippen MR) is 117 cm³/mol. The minimum absolute atomic E-state index is 0.180. The molecule has 0 saturated heterocycles. The molecule has 0 aliphatic rings. The van der Waals surface area contributed by atoms with Crippen LogP contribution in [0.1, 0.15) is 34.0 Å². The van der Waals surface area contributed by atoms with Gasteiger partial charge in [-0.05, 0) is 68.3 Å². The number of ether oxygens (including phenoxy) is 2. The van der Waals surface area contributed by atoms with Crippen LogP contribution in [0.3, 0.4) is 0 Å². The van der Waals surface area contributed by atoms with Crippen LogP contribution in [0.15, 0.2) is 60.7 Å². The first-order valence-corrected chi connectivity index (χ1v) is 9.88. The lowest BCUT2D eigenvalue weighted by Gasteiger charge is -2.15. The zero-order valence-electron chi connectivity index (χ0n) is 16.8. The number of hydrogen-bond acceptors (Lipinski definition) is 3. The first kappa shape index (κ1) is 20.7. The van der Waals surface area contributed by atoms with Gasteiger partial charge in [-0.15, -0.1) is 0 Å². The van der Waals surface area contributed by atoms with Gasteiger partial charge >= 0.3 is 0 Å². The highest BCUT2D eigenvalue weighted by atomic mass is 35.5. The van der Waals surface area contributed by atoms with Gasteiger partial charge in [0.2, 0.25) is 0 Å². The number of aryl methyl sites for hydroxylation is 1. The van der Waals surface area contributed by atoms with Gasteiger partial charge in [-0.25, -0.2) is 0 Å². The van der Waals surface area contributed by atoms with E-state index in [0.29, 0.717) is 28.7 Å². The summed E-state index contributed by atoms with van der Waals surface area (Å²) in [4.78, 5) is 12.8. The summed E-state index contributed by atoms with van der Waals surface area (Å²) in [5, 5.41) is 3.52. The zero-order chi connectivity index (χ0) is 20.8. The van der Waals surface area contributed by atoms with Crippen LogP contribution in [-0.4, -0.2) is 12.5 Å². The van der Waals surface area contributed by atoms with Crippen LogP contribution in [0.2, 0.25) is 5.02 Å². The van der Waals surface area contributed by atoms with Crippen LogP contribution in [0.4, 0.5) is 5.69 Å². The van der Waals surface area contributed by atoms with Crippen LogP contribution < -0.4 is 14.8 Å². The number of anilines is 1. The minimum Gasteiger partial charge on any atom is -0.493 e. The summed E-state index contributed by atoms with van der Waals surface area (Å²) in [5.74, 6) is 1.09. The van der Waals surface area contributed by atoms with E-state index in [4.69, 9.17) is 21.1 Å². The van der Waals surface area contributed by atoms with Crippen molar-refractivity contribution in [1.29, 1.82) is 0 Å². The number of carbonyl (C=O) groups is 1. The fourth-order valence-electron chi connectivity index (χ4n) is 2.93. The highest BCUT2D eigenvalue weighted by molar-refractivity contribution is 6.32. The molecular formula is C24H24ClNO3. The molecule has 0 aromatic heterocycles. The first-order valence-electron chi connectivity index (χ1n) is 9.50. The van der Waals surface area contributed by atoms with Crippen molar-refractivity contribution in [2.75, 3.05) is 11.9 Å². The van der Waals surface area contributed by atoms with Gasteiger partial charge in [-0.1, -0.05) is 35.9 Å². The van der Waals surface area contributed by atoms with E-state index in [1.165, 1.54) is 0 Å². The van der Waals surface area contributed by atoms with Crippen LogP contribution in [-0.2, 0) is 6.61 Å². The van der Waals surface area contributed by atoms with E-state index in [2.05, 4.69) is 5.32 Å². The Morgan fingerprint density at radius 3 is 2.52 bits per heavy atom. The lowest BCUT2D eigenvalue weighted by Crippen LogP contribution is -2.14. The zero-order valence-corrected chi connectivity index (χ0v) is 17.5. The molecule has 0 heterocycles. The Morgan fingerprint density at radius 2 is 1.76 bits per heavy atom. The molecule has 0 spiro atoms. The van der Waals surface area contributed by atoms with Crippen molar-refractivity contribution in [3.63, 3.8) is 0 Å². The summed E-state index contributed by atoms with van der Waals surface area (Å²) >= 11 is 6.17. The molecule has 0 aliphatic heterocycles. The van der Waals surface area contributed by atoms with Gasteiger partial charge in [0, 0.05) is 16.8 Å². The standard InChI is InChI=1S/C24H24ClNO3/c1-4-28-22-13-12-18(24(27)26-21-10-7-8-16(2)17(21)3)14-19(22)15-29-23-11-6-5-9-20(23)25/h5-14H,4,15H2,1-3H3,(H,26,27). The van der Waals surface area contributed by atoms with Gasteiger partial charge in [-0.3, -0.25) is 4.79 Å². The number of amides is 1. The van der Waals surface area contributed by atoms with Crippen LogP contribution in [0.5, 0.6) is 11.5 Å². The van der Waals surface area contributed by atoms with E-state index in [1.54, 1.807) is 30.3 Å². The van der Waals surface area contributed by atoms with Crippen LogP contribution in [0.25, 0.3) is 0 Å². The SMILES string of the molecule is CCOc1ccc(C(=O)Nc2cccc(C)c2C)cc1COc1ccccc1Cl. The van der Waals surface area contributed by atoms with Gasteiger partial charge in [0.25, 0.3) is 5.91 Å². The van der Waals surface area contributed by atoms with E-state index in [9.17, 15) is 4.79 Å². The van der Waals surface area contributed by atoms with Gasteiger partial charge in [0.05, 0.1) is 11.6 Å². The molecule has 4 nitrogen and oxygen atoms in total. The summed E-state index contributed by atoms with van der Waals surface area (Å²) in [6.45, 7) is 6.69. The van der Waals surface area contributed by atoms with Gasteiger partial charge < -0.3 is 14.8 Å². The first-order chi connectivity index (χ1) is 14.0. The van der Waals surface area contributed by atoms with E-state index in [0.717, 1.165) is 22.4 Å². The Morgan fingerprint density at radius 1 is 0.966 bits per heavy atom. The molecule has 0 fully saturated rings. The maximum absolute atomic E-state index is 12.8. The Hall–Kier alpha value is -2.98. The third-order valence-corrected chi connectivity index (χ3v) is 5.01. The Labute approximate surface area is 176 Å². The van der Waals surface area contributed by atoms with Crippen molar-refractivity contribution in [2.24, 2.45) is 0 Å². The molecule has 3 aromatic rings. The molecule has 150 valence electrons. The van der Waals surface area contributed by atoms with Crippen molar-refractivity contribution in [3.8, 4) is 11.5 Å². The quantitative estimate of drug-likeness (QED) is 0.506. The molecule has 0 aliphatic carbocycles. The maximum atomic E-state index is 12.8. The van der Waals surface area contributed by atoms with Crippen molar-refractivity contribution in [2.45, 2.75) is 27.4 Å². The van der Waals surface area contributed by atoms with Crippen molar-refractivity contribution in [1.82, 2.24) is 0 Å². The third-order valence-electron chi connectivity index (χ3n) is 4.70. The summed E-state index contributed by atoms with van der Waals surface area (Å²) in [7, 11) is 0. The number of para-hydroxylation sites is 1. The smallest absolute Gasteiger partial charge is 0.255 e. The summed E-state index contributed by atoms with van der Waals surface area (Å²) < 4.78 is 11.6. The predicted octanol–water partition coefficient (Wildman–Crippen LogP) is 6.19. The second-order valence-corrected chi connectivity index (χ2v) is 7.08. The van der Waals surface area contributed by atoms with Gasteiger partial charge in [-0.2, -0.15) is 0 Å². The molecular weight excluding hydrogens is 386 g/mol. The highest BCUT2D eigenvalue weighted by Crippen LogP contribution is 2.27. The normalized spacial score (nSPS) is 10.5. The average molecular weight is 410 g/mol. The topological polar surface area (TPSA) is 47.6 Å². The molecule has 0 saturated carbocycles. The van der Waals surface area contributed by atoms with Crippen molar-refractivity contribution < 1.29 is 14.3 Å². The fourth-order valence-corrected chi connectivity index (χ4v) is 3.12. The number of rotatable bonds is 7. The molecule has 3 aromatic carbocycles. The highest BCUT2D eigenvalue weighted by Gasteiger charge is 2.13. The minimum atomic E-state index is -0.180. The second-order valence-electron chi connectivity index (χ2n) is 6.68. The third kappa shape index (κ3) is 5.09. The van der Waals surface area contributed by atoms with E-state index < -0.39 is 0 Å².